The minimum Gasteiger partial charge on any atom is -0.481 e. The third-order valence-electron chi connectivity index (χ3n) is 3.23. The SMILES string of the molecule is CC(CN)CSCC(=O)N1CCC(C(=O)O)CC1. The number of thioether (sulfide) groups is 1. The van der Waals surface area contributed by atoms with Crippen LogP contribution >= 0.6 is 11.8 Å². The number of nitrogens with zero attached hydrogens (tertiary/aromatic N) is 1. The Bertz CT molecular complexity index is 291. The van der Waals surface area contributed by atoms with Crippen LogP contribution in [-0.2, 0) is 9.59 Å². The predicted octanol–water partition coefficient (Wildman–Crippen LogP) is 0.638. The summed E-state index contributed by atoms with van der Waals surface area (Å²) < 4.78 is 0. The van der Waals surface area contributed by atoms with Crippen LogP contribution < -0.4 is 5.73 Å². The number of hydrogen-bond donors (Lipinski definition) is 2. The van der Waals surface area contributed by atoms with E-state index in [0.29, 0.717) is 44.1 Å². The number of carboxylic acids is 1. The van der Waals surface area contributed by atoms with Crippen molar-refractivity contribution in [1.29, 1.82) is 0 Å². The van der Waals surface area contributed by atoms with Crippen molar-refractivity contribution in [2.75, 3.05) is 31.1 Å². The standard InChI is InChI=1S/C12H22N2O3S/c1-9(6-13)7-18-8-11(15)14-4-2-10(3-5-14)12(16)17/h9-10H,2-8,13H2,1H3,(H,16,17). The molecule has 6 heteroatoms. The van der Waals surface area contributed by atoms with Gasteiger partial charge < -0.3 is 15.7 Å². The lowest BCUT2D eigenvalue weighted by Crippen LogP contribution is -2.41. The second kappa shape index (κ2) is 7.63. The van der Waals surface area contributed by atoms with Gasteiger partial charge in [0.2, 0.25) is 5.91 Å². The van der Waals surface area contributed by atoms with E-state index in [-0.39, 0.29) is 11.8 Å². The van der Waals surface area contributed by atoms with Gasteiger partial charge in [-0.3, -0.25) is 9.59 Å². The Hall–Kier alpha value is -0.750. The number of hydrogen-bond acceptors (Lipinski definition) is 4. The van der Waals surface area contributed by atoms with Gasteiger partial charge >= 0.3 is 5.97 Å². The van der Waals surface area contributed by atoms with E-state index in [9.17, 15) is 9.59 Å². The number of likely N-dealkylation sites (tertiary alicyclic amines) is 1. The lowest BCUT2D eigenvalue weighted by molar-refractivity contribution is -0.145. The van der Waals surface area contributed by atoms with Crippen LogP contribution in [0.15, 0.2) is 0 Å². The monoisotopic (exact) mass is 274 g/mol. The highest BCUT2D eigenvalue weighted by atomic mass is 32.2. The molecule has 0 bridgehead atoms. The Morgan fingerprint density at radius 3 is 2.56 bits per heavy atom. The quantitative estimate of drug-likeness (QED) is 0.742. The summed E-state index contributed by atoms with van der Waals surface area (Å²) >= 11 is 1.61. The van der Waals surface area contributed by atoms with Crippen molar-refractivity contribution >= 4 is 23.6 Å². The number of piperidine rings is 1. The van der Waals surface area contributed by atoms with Crippen molar-refractivity contribution in [2.24, 2.45) is 17.6 Å². The van der Waals surface area contributed by atoms with Crippen molar-refractivity contribution in [2.45, 2.75) is 19.8 Å². The van der Waals surface area contributed by atoms with Crippen molar-refractivity contribution in [3.63, 3.8) is 0 Å². The van der Waals surface area contributed by atoms with Crippen molar-refractivity contribution in [1.82, 2.24) is 4.90 Å². The molecule has 18 heavy (non-hydrogen) atoms. The Morgan fingerprint density at radius 1 is 1.44 bits per heavy atom. The van der Waals surface area contributed by atoms with Gasteiger partial charge in [0, 0.05) is 13.1 Å². The molecule has 1 aliphatic rings. The first-order valence-electron chi connectivity index (χ1n) is 6.33. The maximum absolute atomic E-state index is 11.9. The second-order valence-corrected chi connectivity index (χ2v) is 5.88. The number of nitrogens with two attached hydrogens (primary N) is 1. The molecule has 0 aromatic carbocycles. The van der Waals surface area contributed by atoms with Crippen LogP contribution in [-0.4, -0.2) is 53.0 Å². The lowest BCUT2D eigenvalue weighted by Gasteiger charge is -2.30. The Morgan fingerprint density at radius 2 is 2.06 bits per heavy atom. The highest BCUT2D eigenvalue weighted by molar-refractivity contribution is 7.99. The van der Waals surface area contributed by atoms with Gasteiger partial charge in [-0.05, 0) is 31.1 Å². The molecule has 1 heterocycles. The number of carboxylic acid groups (broad SMARTS) is 1. The molecule has 0 saturated carbocycles. The summed E-state index contributed by atoms with van der Waals surface area (Å²) in [6.07, 6.45) is 1.15. The molecule has 0 aliphatic carbocycles. The zero-order valence-electron chi connectivity index (χ0n) is 10.8. The molecule has 1 atom stereocenters. The summed E-state index contributed by atoms with van der Waals surface area (Å²) in [5.74, 6) is 0.899. The molecule has 0 aromatic heterocycles. The number of amides is 1. The number of carbonyl (C=O) groups is 2. The van der Waals surface area contributed by atoms with E-state index >= 15 is 0 Å². The van der Waals surface area contributed by atoms with E-state index in [1.165, 1.54) is 0 Å². The number of carbonyl (C=O) groups excluding carboxylic acids is 1. The van der Waals surface area contributed by atoms with Gasteiger partial charge in [0.05, 0.1) is 11.7 Å². The average molecular weight is 274 g/mol. The van der Waals surface area contributed by atoms with Gasteiger partial charge in [-0.2, -0.15) is 11.8 Å². The third-order valence-corrected chi connectivity index (χ3v) is 4.48. The minimum atomic E-state index is -0.742. The smallest absolute Gasteiger partial charge is 0.306 e. The first-order valence-corrected chi connectivity index (χ1v) is 7.48. The number of rotatable bonds is 6. The molecule has 5 nitrogen and oxygen atoms in total. The third kappa shape index (κ3) is 4.86. The zero-order chi connectivity index (χ0) is 13.5. The lowest BCUT2D eigenvalue weighted by atomic mass is 9.97. The fraction of sp³-hybridized carbons (Fsp3) is 0.833. The van der Waals surface area contributed by atoms with Crippen LogP contribution in [0.4, 0.5) is 0 Å². The summed E-state index contributed by atoms with van der Waals surface area (Å²) in [6.45, 7) is 3.85. The normalized spacial score (nSPS) is 18.7. The van der Waals surface area contributed by atoms with Gasteiger partial charge in [-0.25, -0.2) is 0 Å². The molecule has 1 rings (SSSR count). The number of aliphatic carboxylic acids is 1. The van der Waals surface area contributed by atoms with Crippen LogP contribution in [0.2, 0.25) is 0 Å². The molecule has 1 aliphatic heterocycles. The van der Waals surface area contributed by atoms with Crippen molar-refractivity contribution < 1.29 is 14.7 Å². The van der Waals surface area contributed by atoms with E-state index in [2.05, 4.69) is 6.92 Å². The molecule has 3 N–H and O–H groups in total. The van der Waals surface area contributed by atoms with E-state index < -0.39 is 5.97 Å². The topological polar surface area (TPSA) is 83.6 Å². The Balaban J connectivity index is 2.22. The highest BCUT2D eigenvalue weighted by Crippen LogP contribution is 2.18. The predicted molar refractivity (Wildman–Crippen MR) is 72.5 cm³/mol. The molecule has 0 radical (unpaired) electrons. The zero-order valence-corrected chi connectivity index (χ0v) is 11.6. The van der Waals surface area contributed by atoms with E-state index in [1.54, 1.807) is 16.7 Å². The molecular formula is C12H22N2O3S. The van der Waals surface area contributed by atoms with Gasteiger partial charge in [0.25, 0.3) is 0 Å². The molecule has 1 saturated heterocycles. The van der Waals surface area contributed by atoms with Crippen molar-refractivity contribution in [3.05, 3.63) is 0 Å². The maximum Gasteiger partial charge on any atom is 0.306 e. The van der Waals surface area contributed by atoms with Gasteiger partial charge in [-0.1, -0.05) is 6.92 Å². The van der Waals surface area contributed by atoms with E-state index in [1.807, 2.05) is 0 Å². The molecule has 1 unspecified atom stereocenters. The largest absolute Gasteiger partial charge is 0.481 e. The minimum absolute atomic E-state index is 0.119. The van der Waals surface area contributed by atoms with Crippen LogP contribution in [0, 0.1) is 11.8 Å². The first-order chi connectivity index (χ1) is 8.54. The molecule has 1 amide bonds. The van der Waals surface area contributed by atoms with Gasteiger partial charge in [0.15, 0.2) is 0 Å². The molecule has 0 aromatic rings. The van der Waals surface area contributed by atoms with Crippen molar-refractivity contribution in [3.8, 4) is 0 Å². The fourth-order valence-electron chi connectivity index (χ4n) is 1.88. The summed E-state index contributed by atoms with van der Waals surface area (Å²) in [4.78, 5) is 24.4. The van der Waals surface area contributed by atoms with Gasteiger partial charge in [0.1, 0.15) is 0 Å². The van der Waals surface area contributed by atoms with E-state index in [0.717, 1.165) is 5.75 Å². The fourth-order valence-corrected chi connectivity index (χ4v) is 2.90. The molecule has 0 spiro atoms. The Kier molecular flexibility index (Phi) is 6.49. The summed E-state index contributed by atoms with van der Waals surface area (Å²) in [5.41, 5.74) is 5.51. The van der Waals surface area contributed by atoms with Crippen LogP contribution in [0.25, 0.3) is 0 Å². The molecular weight excluding hydrogens is 252 g/mol. The molecule has 104 valence electrons. The van der Waals surface area contributed by atoms with Crippen LogP contribution in [0.3, 0.4) is 0 Å². The van der Waals surface area contributed by atoms with E-state index in [4.69, 9.17) is 10.8 Å². The molecule has 1 fully saturated rings. The van der Waals surface area contributed by atoms with Crippen LogP contribution in [0.5, 0.6) is 0 Å². The highest BCUT2D eigenvalue weighted by Gasteiger charge is 2.26. The summed E-state index contributed by atoms with van der Waals surface area (Å²) in [5, 5.41) is 8.87. The van der Waals surface area contributed by atoms with Gasteiger partial charge in [-0.15, -0.1) is 0 Å². The maximum atomic E-state index is 11.9. The first kappa shape index (κ1) is 15.3. The Labute approximate surface area is 112 Å². The summed E-state index contributed by atoms with van der Waals surface area (Å²) in [6, 6.07) is 0. The van der Waals surface area contributed by atoms with Crippen LogP contribution in [0.1, 0.15) is 19.8 Å². The second-order valence-electron chi connectivity index (χ2n) is 4.85. The summed E-state index contributed by atoms with van der Waals surface area (Å²) in [7, 11) is 0. The average Bonchev–Trinajstić information content (AvgIpc) is 2.38.